The van der Waals surface area contributed by atoms with Gasteiger partial charge >= 0.3 is 0 Å². The first-order valence-electron chi connectivity index (χ1n) is 5.49. The molecule has 0 aromatic carbocycles. The average molecular weight is 454 g/mol. The molecule has 2 aromatic rings. The fraction of sp³-hybridized carbons (Fsp3) is 0.333. The van der Waals surface area contributed by atoms with Gasteiger partial charge in [0.15, 0.2) is 16.3 Å². The second-order valence-corrected chi connectivity index (χ2v) is 7.44. The number of rotatable bonds is 1. The summed E-state index contributed by atoms with van der Waals surface area (Å²) in [6, 6.07) is 1.80. The first-order chi connectivity index (χ1) is 8.70. The molecule has 2 rings (SSSR count). The lowest BCUT2D eigenvalue weighted by atomic mass is 9.92. The normalized spacial score (nSPS) is 11.9. The van der Waals surface area contributed by atoms with E-state index in [1.807, 2.05) is 0 Å². The zero-order chi connectivity index (χ0) is 14.4. The molecule has 0 saturated carbocycles. The zero-order valence-corrected chi connectivity index (χ0v) is 15.3. The van der Waals surface area contributed by atoms with Gasteiger partial charge in [0.25, 0.3) is 0 Å². The molecule has 0 saturated heterocycles. The van der Waals surface area contributed by atoms with E-state index in [-0.39, 0.29) is 5.41 Å². The Balaban J connectivity index is 2.63. The summed E-state index contributed by atoms with van der Waals surface area (Å²) in [6.45, 7) is 6.20. The van der Waals surface area contributed by atoms with Crippen LogP contribution < -0.4 is 5.73 Å². The highest BCUT2D eigenvalue weighted by Crippen LogP contribution is 2.35. The van der Waals surface area contributed by atoms with Crippen LogP contribution in [-0.4, -0.2) is 9.97 Å². The summed E-state index contributed by atoms with van der Waals surface area (Å²) in [4.78, 5) is 8.81. The van der Waals surface area contributed by atoms with E-state index in [2.05, 4.69) is 78.5 Å². The number of nitrogens with zero attached hydrogens (tertiary/aromatic N) is 2. The fourth-order valence-electron chi connectivity index (χ4n) is 1.53. The van der Waals surface area contributed by atoms with Gasteiger partial charge < -0.3 is 10.2 Å². The van der Waals surface area contributed by atoms with Gasteiger partial charge in [-0.15, -0.1) is 0 Å². The molecule has 0 aliphatic carbocycles. The number of furan rings is 1. The Kier molecular flexibility index (Phi) is 4.09. The predicted molar refractivity (Wildman–Crippen MR) is 85.9 cm³/mol. The van der Waals surface area contributed by atoms with E-state index in [1.54, 1.807) is 6.07 Å². The van der Waals surface area contributed by atoms with Gasteiger partial charge in [-0.3, -0.25) is 0 Å². The van der Waals surface area contributed by atoms with Gasteiger partial charge in [-0.2, -0.15) is 0 Å². The van der Waals surface area contributed by atoms with Crippen molar-refractivity contribution in [1.82, 2.24) is 9.97 Å². The standard InChI is InChI=1S/C12H12Br3N3O/c1-12(2,3)8-7(14)10(16)18-11(17-8)6-4-5(13)9(15)19-6/h4H,1-3H3,(H2,16,17,18). The van der Waals surface area contributed by atoms with Crippen LogP contribution >= 0.6 is 47.8 Å². The smallest absolute Gasteiger partial charge is 0.198 e. The van der Waals surface area contributed by atoms with Gasteiger partial charge in [0.05, 0.1) is 14.6 Å². The van der Waals surface area contributed by atoms with Crippen molar-refractivity contribution in [3.63, 3.8) is 0 Å². The fourth-order valence-corrected chi connectivity index (χ4v) is 2.88. The van der Waals surface area contributed by atoms with Gasteiger partial charge in [-0.05, 0) is 47.8 Å². The first-order valence-corrected chi connectivity index (χ1v) is 7.86. The highest BCUT2D eigenvalue weighted by molar-refractivity contribution is 9.13. The molecule has 0 bridgehead atoms. The highest BCUT2D eigenvalue weighted by Gasteiger charge is 2.24. The lowest BCUT2D eigenvalue weighted by molar-refractivity contribution is 0.541. The van der Waals surface area contributed by atoms with Crippen LogP contribution in [0.15, 0.2) is 24.1 Å². The summed E-state index contributed by atoms with van der Waals surface area (Å²) in [5, 5.41) is 0. The van der Waals surface area contributed by atoms with Crippen LogP contribution in [0.3, 0.4) is 0 Å². The second-order valence-electron chi connectivity index (χ2n) is 5.08. The highest BCUT2D eigenvalue weighted by atomic mass is 79.9. The molecule has 102 valence electrons. The van der Waals surface area contributed by atoms with Gasteiger partial charge in [0.2, 0.25) is 0 Å². The van der Waals surface area contributed by atoms with Crippen LogP contribution in [0.5, 0.6) is 0 Å². The number of nitrogens with two attached hydrogens (primary N) is 1. The average Bonchev–Trinajstić information content (AvgIpc) is 2.61. The summed E-state index contributed by atoms with van der Waals surface area (Å²) in [7, 11) is 0. The van der Waals surface area contributed by atoms with Gasteiger partial charge in [-0.25, -0.2) is 9.97 Å². The molecule has 0 spiro atoms. The summed E-state index contributed by atoms with van der Waals surface area (Å²) in [5.74, 6) is 1.43. The maximum absolute atomic E-state index is 5.94. The lowest BCUT2D eigenvalue weighted by Gasteiger charge is -2.20. The van der Waals surface area contributed by atoms with Crippen LogP contribution in [0.25, 0.3) is 11.6 Å². The molecule has 0 aliphatic heterocycles. The van der Waals surface area contributed by atoms with Crippen molar-refractivity contribution >= 4 is 53.6 Å². The van der Waals surface area contributed by atoms with Crippen molar-refractivity contribution in [2.24, 2.45) is 0 Å². The Bertz CT molecular complexity index is 612. The van der Waals surface area contributed by atoms with E-state index in [1.165, 1.54) is 0 Å². The third-order valence-electron chi connectivity index (χ3n) is 2.45. The molecule has 0 aliphatic rings. The summed E-state index contributed by atoms with van der Waals surface area (Å²) in [5.41, 5.74) is 6.64. The van der Waals surface area contributed by atoms with Crippen LogP contribution in [0.4, 0.5) is 5.82 Å². The number of aromatic nitrogens is 2. The molecular weight excluding hydrogens is 442 g/mol. The Morgan fingerprint density at radius 2 is 1.79 bits per heavy atom. The minimum atomic E-state index is -0.147. The van der Waals surface area contributed by atoms with Crippen molar-refractivity contribution in [1.29, 1.82) is 0 Å². The maximum atomic E-state index is 5.94. The molecule has 2 heterocycles. The molecular formula is C12H12Br3N3O. The van der Waals surface area contributed by atoms with Crippen molar-refractivity contribution in [3.8, 4) is 11.6 Å². The second kappa shape index (κ2) is 5.18. The number of hydrogen-bond donors (Lipinski definition) is 1. The van der Waals surface area contributed by atoms with Crippen molar-refractivity contribution in [2.45, 2.75) is 26.2 Å². The Morgan fingerprint density at radius 3 is 2.26 bits per heavy atom. The molecule has 0 fully saturated rings. The van der Waals surface area contributed by atoms with Crippen LogP contribution in [0, 0.1) is 0 Å². The SMILES string of the molecule is CC(C)(C)c1nc(-c2cc(Br)c(Br)o2)nc(N)c1Br. The van der Waals surface area contributed by atoms with Crippen LogP contribution in [0.2, 0.25) is 0 Å². The van der Waals surface area contributed by atoms with Gasteiger partial charge in [0.1, 0.15) is 5.82 Å². The molecule has 2 N–H and O–H groups in total. The Hall–Kier alpha value is -0.400. The van der Waals surface area contributed by atoms with Gasteiger partial charge in [-0.1, -0.05) is 20.8 Å². The van der Waals surface area contributed by atoms with E-state index >= 15 is 0 Å². The number of halogens is 3. The van der Waals surface area contributed by atoms with Crippen molar-refractivity contribution in [3.05, 3.63) is 25.4 Å². The molecule has 4 nitrogen and oxygen atoms in total. The summed E-state index contributed by atoms with van der Waals surface area (Å²) >= 11 is 10.1. The Labute approximate surface area is 136 Å². The summed E-state index contributed by atoms with van der Waals surface area (Å²) < 4.78 is 7.68. The molecule has 0 amide bonds. The molecule has 2 aromatic heterocycles. The third-order valence-corrected chi connectivity index (χ3v) is 4.94. The molecule has 0 atom stereocenters. The number of hydrogen-bond acceptors (Lipinski definition) is 4. The number of nitrogen functional groups attached to an aromatic ring is 1. The molecule has 0 unspecified atom stereocenters. The molecule has 7 heteroatoms. The zero-order valence-electron chi connectivity index (χ0n) is 10.6. The van der Waals surface area contributed by atoms with Crippen molar-refractivity contribution < 1.29 is 4.42 Å². The minimum absolute atomic E-state index is 0.147. The van der Waals surface area contributed by atoms with E-state index in [0.717, 1.165) is 14.6 Å². The monoisotopic (exact) mass is 451 g/mol. The molecule has 0 radical (unpaired) electrons. The van der Waals surface area contributed by atoms with Crippen LogP contribution in [0.1, 0.15) is 26.5 Å². The predicted octanol–water partition coefficient (Wildman–Crippen LogP) is 4.90. The lowest BCUT2D eigenvalue weighted by Crippen LogP contribution is -2.17. The largest absolute Gasteiger partial charge is 0.445 e. The first kappa shape index (κ1) is 15.0. The van der Waals surface area contributed by atoms with E-state index < -0.39 is 0 Å². The number of anilines is 1. The van der Waals surface area contributed by atoms with E-state index in [9.17, 15) is 0 Å². The molecule has 19 heavy (non-hydrogen) atoms. The van der Waals surface area contributed by atoms with Gasteiger partial charge in [0, 0.05) is 11.5 Å². The Morgan fingerprint density at radius 1 is 1.16 bits per heavy atom. The summed E-state index contributed by atoms with van der Waals surface area (Å²) in [6.07, 6.45) is 0. The third kappa shape index (κ3) is 3.03. The van der Waals surface area contributed by atoms with Crippen LogP contribution in [-0.2, 0) is 5.41 Å². The van der Waals surface area contributed by atoms with Crippen molar-refractivity contribution in [2.75, 3.05) is 5.73 Å². The quantitative estimate of drug-likeness (QED) is 0.666. The minimum Gasteiger partial charge on any atom is -0.445 e. The van der Waals surface area contributed by atoms with E-state index in [0.29, 0.717) is 22.1 Å². The van der Waals surface area contributed by atoms with E-state index in [4.69, 9.17) is 10.2 Å². The maximum Gasteiger partial charge on any atom is 0.198 e. The topological polar surface area (TPSA) is 64.9 Å².